The van der Waals surface area contributed by atoms with E-state index < -0.39 is 0 Å². The van der Waals surface area contributed by atoms with E-state index in [9.17, 15) is 4.79 Å². The van der Waals surface area contributed by atoms with Crippen molar-refractivity contribution >= 4 is 17.9 Å². The summed E-state index contributed by atoms with van der Waals surface area (Å²) in [7, 11) is 3.51. The molecule has 1 heterocycles. The van der Waals surface area contributed by atoms with E-state index in [2.05, 4.69) is 28.8 Å². The second-order valence-corrected chi connectivity index (χ2v) is 4.12. The minimum absolute atomic E-state index is 0.179. The fraction of sp³-hybridized carbons (Fsp3) is 0.500. The van der Waals surface area contributed by atoms with Gasteiger partial charge in [-0.2, -0.15) is 0 Å². The van der Waals surface area contributed by atoms with Gasteiger partial charge in [-0.05, 0) is 30.5 Å². The third-order valence-corrected chi connectivity index (χ3v) is 2.85. The van der Waals surface area contributed by atoms with Crippen molar-refractivity contribution in [3.63, 3.8) is 0 Å². The van der Waals surface area contributed by atoms with Crippen LogP contribution in [0.15, 0.2) is 18.2 Å². The Bertz CT molecular complexity index is 430. The first-order valence-corrected chi connectivity index (χ1v) is 6.92. The second-order valence-electron chi connectivity index (χ2n) is 4.12. The number of rotatable bonds is 2. The van der Waals surface area contributed by atoms with E-state index in [1.165, 1.54) is 25.3 Å². The molecule has 0 unspecified atom stereocenters. The molecule has 20 heavy (non-hydrogen) atoms. The van der Waals surface area contributed by atoms with Gasteiger partial charge in [-0.1, -0.05) is 26.0 Å². The lowest BCUT2D eigenvalue weighted by Gasteiger charge is -2.11. The Hall–Kier alpha value is -1.84. The zero-order chi connectivity index (χ0) is 15.5. The fourth-order valence-electron chi connectivity index (χ4n) is 1.97. The molecule has 0 saturated carbocycles. The minimum Gasteiger partial charge on any atom is -0.469 e. The number of nitrogens with zero attached hydrogens (tertiary/aromatic N) is 1. The first-order chi connectivity index (χ1) is 9.62. The lowest BCUT2D eigenvalue weighted by atomic mass is 10.1. The van der Waals surface area contributed by atoms with Crippen molar-refractivity contribution in [1.82, 2.24) is 0 Å². The van der Waals surface area contributed by atoms with E-state index in [0.717, 1.165) is 24.8 Å². The summed E-state index contributed by atoms with van der Waals surface area (Å²) >= 11 is 0. The lowest BCUT2D eigenvalue weighted by molar-refractivity contribution is -0.139. The van der Waals surface area contributed by atoms with Crippen molar-refractivity contribution in [2.24, 2.45) is 0 Å². The van der Waals surface area contributed by atoms with Gasteiger partial charge in [-0.3, -0.25) is 4.79 Å². The summed E-state index contributed by atoms with van der Waals surface area (Å²) in [5, 5.41) is 0. The van der Waals surface area contributed by atoms with Crippen LogP contribution in [0.5, 0.6) is 0 Å². The molecule has 0 radical (unpaired) electrons. The number of likely N-dealkylation sites (N-methyl/N-ethyl adjacent to an activating group) is 1. The zero-order valence-corrected chi connectivity index (χ0v) is 13.1. The number of hydrogen-bond acceptors (Lipinski definition) is 4. The SMILES string of the molecule is CC.CC=O.COC(=O)Cc1ccc2c(c1)CCN2C. The highest BCUT2D eigenvalue weighted by atomic mass is 16.5. The van der Waals surface area contributed by atoms with Gasteiger partial charge in [0.05, 0.1) is 13.5 Å². The molecule has 4 heteroatoms. The smallest absolute Gasteiger partial charge is 0.309 e. The molecule has 0 aliphatic carbocycles. The molecular formula is C16H25NO3. The zero-order valence-electron chi connectivity index (χ0n) is 13.1. The number of methoxy groups -OCH3 is 1. The molecule has 0 fully saturated rings. The minimum atomic E-state index is -0.179. The molecule has 0 N–H and O–H groups in total. The average molecular weight is 279 g/mol. The van der Waals surface area contributed by atoms with Crippen LogP contribution in [0.2, 0.25) is 0 Å². The molecule has 112 valence electrons. The summed E-state index contributed by atoms with van der Waals surface area (Å²) in [5.74, 6) is -0.179. The predicted molar refractivity (Wildman–Crippen MR) is 82.2 cm³/mol. The fourth-order valence-corrected chi connectivity index (χ4v) is 1.97. The second kappa shape index (κ2) is 10.0. The van der Waals surface area contributed by atoms with Crippen molar-refractivity contribution in [2.75, 3.05) is 25.6 Å². The quantitative estimate of drug-likeness (QED) is 0.617. The molecule has 0 spiro atoms. The highest BCUT2D eigenvalue weighted by Crippen LogP contribution is 2.27. The van der Waals surface area contributed by atoms with Crippen LogP contribution in [0.3, 0.4) is 0 Å². The Balaban J connectivity index is 0.000000641. The third-order valence-electron chi connectivity index (χ3n) is 2.85. The van der Waals surface area contributed by atoms with E-state index in [0.29, 0.717) is 6.42 Å². The maximum atomic E-state index is 11.1. The maximum Gasteiger partial charge on any atom is 0.309 e. The van der Waals surface area contributed by atoms with E-state index in [1.807, 2.05) is 19.9 Å². The number of aldehydes is 1. The largest absolute Gasteiger partial charge is 0.469 e. The standard InChI is InChI=1S/C12H15NO2.C2H4O.C2H6/c1-13-6-5-10-7-9(3-4-11(10)13)8-12(14)15-2;1-2-3;1-2/h3-4,7H,5-6,8H2,1-2H3;2H,1H3;1-2H3. The van der Waals surface area contributed by atoms with Gasteiger partial charge in [0.1, 0.15) is 6.29 Å². The van der Waals surface area contributed by atoms with Crippen LogP contribution < -0.4 is 4.90 Å². The van der Waals surface area contributed by atoms with Gasteiger partial charge in [-0.15, -0.1) is 0 Å². The first-order valence-electron chi connectivity index (χ1n) is 6.92. The summed E-state index contributed by atoms with van der Waals surface area (Å²) < 4.78 is 4.65. The monoisotopic (exact) mass is 279 g/mol. The van der Waals surface area contributed by atoms with Crippen LogP contribution in [-0.2, 0) is 27.2 Å². The molecule has 4 nitrogen and oxygen atoms in total. The van der Waals surface area contributed by atoms with E-state index in [1.54, 1.807) is 0 Å². The van der Waals surface area contributed by atoms with Crippen molar-refractivity contribution in [3.05, 3.63) is 29.3 Å². The topological polar surface area (TPSA) is 46.6 Å². The van der Waals surface area contributed by atoms with Crippen molar-refractivity contribution < 1.29 is 14.3 Å². The van der Waals surface area contributed by atoms with Crippen LogP contribution in [0.4, 0.5) is 5.69 Å². The molecule has 1 aliphatic heterocycles. The summed E-state index contributed by atoms with van der Waals surface area (Å²) in [6.07, 6.45) is 2.19. The number of carbonyl (C=O) groups excluding carboxylic acids is 2. The average Bonchev–Trinajstić information content (AvgIpc) is 2.83. The number of esters is 1. The Morgan fingerprint density at radius 1 is 1.40 bits per heavy atom. The number of fused-ring (bicyclic) bond motifs is 1. The van der Waals surface area contributed by atoms with Crippen LogP contribution >= 0.6 is 0 Å². The summed E-state index contributed by atoms with van der Waals surface area (Å²) in [5.41, 5.74) is 3.65. The van der Waals surface area contributed by atoms with Crippen molar-refractivity contribution in [3.8, 4) is 0 Å². The molecule has 2 rings (SSSR count). The molecular weight excluding hydrogens is 254 g/mol. The van der Waals surface area contributed by atoms with Crippen LogP contribution in [0.25, 0.3) is 0 Å². The van der Waals surface area contributed by atoms with Gasteiger partial charge >= 0.3 is 5.97 Å². The Morgan fingerprint density at radius 2 is 2.00 bits per heavy atom. The van der Waals surface area contributed by atoms with E-state index >= 15 is 0 Å². The van der Waals surface area contributed by atoms with Gasteiger partial charge in [0.2, 0.25) is 0 Å². The molecule has 1 aliphatic rings. The van der Waals surface area contributed by atoms with Gasteiger partial charge in [0.25, 0.3) is 0 Å². The van der Waals surface area contributed by atoms with Crippen LogP contribution in [-0.4, -0.2) is 33.0 Å². The highest BCUT2D eigenvalue weighted by Gasteiger charge is 2.16. The van der Waals surface area contributed by atoms with Gasteiger partial charge in [0, 0.05) is 19.3 Å². The third kappa shape index (κ3) is 5.43. The molecule has 1 aromatic carbocycles. The molecule has 0 atom stereocenters. The number of ether oxygens (including phenoxy) is 1. The summed E-state index contributed by atoms with van der Waals surface area (Å²) in [6.45, 7) is 6.51. The molecule has 0 aromatic heterocycles. The number of carbonyl (C=O) groups is 2. The Morgan fingerprint density at radius 3 is 2.55 bits per heavy atom. The lowest BCUT2D eigenvalue weighted by Crippen LogP contribution is -2.12. The van der Waals surface area contributed by atoms with Crippen LogP contribution in [0, 0.1) is 0 Å². The predicted octanol–water partition coefficient (Wildman–Crippen LogP) is 2.63. The Kier molecular flexibility index (Phi) is 9.09. The van der Waals surface area contributed by atoms with E-state index in [-0.39, 0.29) is 5.97 Å². The Labute approximate surface area is 121 Å². The summed E-state index contributed by atoms with van der Waals surface area (Å²) in [4.78, 5) is 22.2. The van der Waals surface area contributed by atoms with E-state index in [4.69, 9.17) is 4.79 Å². The molecule has 1 aromatic rings. The number of anilines is 1. The molecule has 0 bridgehead atoms. The normalized spacial score (nSPS) is 11.3. The van der Waals surface area contributed by atoms with Crippen LogP contribution in [0.1, 0.15) is 31.9 Å². The van der Waals surface area contributed by atoms with Gasteiger partial charge in [0.15, 0.2) is 0 Å². The van der Waals surface area contributed by atoms with Gasteiger partial charge < -0.3 is 14.4 Å². The molecule has 0 amide bonds. The number of hydrogen-bond donors (Lipinski definition) is 0. The number of benzene rings is 1. The highest BCUT2D eigenvalue weighted by molar-refractivity contribution is 5.73. The maximum absolute atomic E-state index is 11.1. The summed E-state index contributed by atoms with van der Waals surface area (Å²) in [6, 6.07) is 6.19. The van der Waals surface area contributed by atoms with Crippen molar-refractivity contribution in [1.29, 1.82) is 0 Å². The van der Waals surface area contributed by atoms with Crippen molar-refractivity contribution in [2.45, 2.75) is 33.6 Å². The van der Waals surface area contributed by atoms with Gasteiger partial charge in [-0.25, -0.2) is 0 Å². The first kappa shape index (κ1) is 18.2. The molecule has 0 saturated heterocycles.